The van der Waals surface area contributed by atoms with Crippen LogP contribution in [0.25, 0.3) is 0 Å². The molecular weight excluding hydrogens is 395 g/mol. The number of nitrogens with zero attached hydrogens (tertiary/aromatic N) is 3. The fourth-order valence-corrected chi connectivity index (χ4v) is 4.98. The number of likely N-dealkylation sites (N-methyl/N-ethyl adjacent to an activating group) is 1. The molecule has 0 saturated carbocycles. The highest BCUT2D eigenvalue weighted by molar-refractivity contribution is 5.79. The quantitative estimate of drug-likeness (QED) is 0.743. The first-order valence-corrected chi connectivity index (χ1v) is 10.9. The first-order valence-electron chi connectivity index (χ1n) is 10.9. The highest BCUT2D eigenvalue weighted by atomic mass is 19.1. The van der Waals surface area contributed by atoms with Crippen molar-refractivity contribution >= 4 is 5.91 Å². The number of rotatable bonds is 4. The van der Waals surface area contributed by atoms with E-state index in [-0.39, 0.29) is 17.9 Å². The zero-order valence-corrected chi connectivity index (χ0v) is 17.5. The van der Waals surface area contributed by atoms with E-state index in [4.69, 9.17) is 4.74 Å². The van der Waals surface area contributed by atoms with Gasteiger partial charge in [-0.2, -0.15) is 0 Å². The summed E-state index contributed by atoms with van der Waals surface area (Å²) in [6, 6.07) is 1.85. The van der Waals surface area contributed by atoms with Crippen LogP contribution >= 0.6 is 0 Å². The molecule has 3 fully saturated rings. The van der Waals surface area contributed by atoms with Crippen LogP contribution in [0.4, 0.5) is 13.2 Å². The minimum absolute atomic E-state index is 0.0600. The van der Waals surface area contributed by atoms with Gasteiger partial charge in [0.25, 0.3) is 0 Å². The van der Waals surface area contributed by atoms with Gasteiger partial charge in [0.05, 0.1) is 0 Å². The molecule has 0 bridgehead atoms. The van der Waals surface area contributed by atoms with Crippen LogP contribution in [0.15, 0.2) is 12.1 Å². The molecule has 1 aromatic rings. The lowest BCUT2D eigenvalue weighted by atomic mass is 9.93. The SMILES string of the molecule is CN1CCC(N2CCC(C(=O)N3CCC(Oc4c(F)cc(F)cc4F)CC3)CC2)C1. The summed E-state index contributed by atoms with van der Waals surface area (Å²) >= 11 is 0. The second kappa shape index (κ2) is 9.14. The topological polar surface area (TPSA) is 36.0 Å². The van der Waals surface area contributed by atoms with Gasteiger partial charge >= 0.3 is 0 Å². The summed E-state index contributed by atoms with van der Waals surface area (Å²) in [5.74, 6) is -3.33. The van der Waals surface area contributed by atoms with Crippen molar-refractivity contribution in [2.75, 3.05) is 46.3 Å². The maximum atomic E-state index is 13.8. The minimum atomic E-state index is -1.04. The van der Waals surface area contributed by atoms with Gasteiger partial charge < -0.3 is 14.5 Å². The first kappa shape index (κ1) is 21.4. The molecule has 0 N–H and O–H groups in total. The number of likely N-dealkylation sites (tertiary alicyclic amines) is 3. The van der Waals surface area contributed by atoms with Crippen LogP contribution in [0.5, 0.6) is 5.75 Å². The second-order valence-electron chi connectivity index (χ2n) is 8.86. The number of hydrogen-bond donors (Lipinski definition) is 0. The van der Waals surface area contributed by atoms with Crippen molar-refractivity contribution in [3.05, 3.63) is 29.6 Å². The molecule has 0 aromatic heterocycles. The van der Waals surface area contributed by atoms with Gasteiger partial charge in [0, 0.05) is 56.6 Å². The van der Waals surface area contributed by atoms with Crippen molar-refractivity contribution in [1.82, 2.24) is 14.7 Å². The van der Waals surface area contributed by atoms with Crippen molar-refractivity contribution in [1.29, 1.82) is 0 Å². The summed E-state index contributed by atoms with van der Waals surface area (Å²) in [5.41, 5.74) is 0. The Kier molecular flexibility index (Phi) is 6.53. The lowest BCUT2D eigenvalue weighted by Crippen LogP contribution is -2.49. The third kappa shape index (κ3) is 4.75. The number of halogens is 3. The fourth-order valence-electron chi connectivity index (χ4n) is 4.98. The molecule has 4 rings (SSSR count). The molecule has 1 atom stereocenters. The van der Waals surface area contributed by atoms with Gasteiger partial charge in [-0.1, -0.05) is 0 Å². The largest absolute Gasteiger partial charge is 0.484 e. The average molecular weight is 425 g/mol. The summed E-state index contributed by atoms with van der Waals surface area (Å²) in [7, 11) is 2.16. The van der Waals surface area contributed by atoms with Crippen LogP contribution in [0.2, 0.25) is 0 Å². The molecule has 1 aromatic carbocycles. The molecule has 30 heavy (non-hydrogen) atoms. The normalized spacial score (nSPS) is 25.1. The Labute approximate surface area is 175 Å². The van der Waals surface area contributed by atoms with E-state index in [0.29, 0.717) is 44.1 Å². The number of piperidine rings is 2. The number of amides is 1. The van der Waals surface area contributed by atoms with E-state index in [9.17, 15) is 18.0 Å². The summed E-state index contributed by atoms with van der Waals surface area (Å²) in [6.45, 7) is 5.23. The number of carbonyl (C=O) groups is 1. The van der Waals surface area contributed by atoms with Gasteiger partial charge in [0.2, 0.25) is 5.91 Å². The van der Waals surface area contributed by atoms with Crippen LogP contribution in [0.1, 0.15) is 32.1 Å². The van der Waals surface area contributed by atoms with Crippen LogP contribution in [0, 0.1) is 23.4 Å². The Morgan fingerprint density at radius 2 is 1.57 bits per heavy atom. The van der Waals surface area contributed by atoms with E-state index in [1.54, 1.807) is 0 Å². The zero-order valence-electron chi connectivity index (χ0n) is 17.5. The van der Waals surface area contributed by atoms with Gasteiger partial charge in [-0.15, -0.1) is 0 Å². The predicted octanol–water partition coefficient (Wildman–Crippen LogP) is 2.89. The van der Waals surface area contributed by atoms with Gasteiger partial charge in [0.1, 0.15) is 11.9 Å². The van der Waals surface area contributed by atoms with E-state index in [0.717, 1.165) is 39.0 Å². The molecule has 3 aliphatic heterocycles. The maximum absolute atomic E-state index is 13.8. The second-order valence-corrected chi connectivity index (χ2v) is 8.86. The minimum Gasteiger partial charge on any atom is -0.484 e. The smallest absolute Gasteiger partial charge is 0.225 e. The van der Waals surface area contributed by atoms with Crippen molar-refractivity contribution in [2.45, 2.75) is 44.2 Å². The molecule has 5 nitrogen and oxygen atoms in total. The van der Waals surface area contributed by atoms with Gasteiger partial charge in [-0.3, -0.25) is 9.69 Å². The lowest BCUT2D eigenvalue weighted by molar-refractivity contribution is -0.139. The molecule has 1 unspecified atom stereocenters. The Hall–Kier alpha value is -1.80. The third-order valence-corrected chi connectivity index (χ3v) is 6.76. The molecule has 0 spiro atoms. The fraction of sp³-hybridized carbons (Fsp3) is 0.682. The summed E-state index contributed by atoms with van der Waals surface area (Å²) in [5, 5.41) is 0. The van der Waals surface area contributed by atoms with Crippen LogP contribution in [-0.2, 0) is 4.79 Å². The van der Waals surface area contributed by atoms with Crippen LogP contribution in [0.3, 0.4) is 0 Å². The summed E-state index contributed by atoms with van der Waals surface area (Å²) < 4.78 is 46.1. The standard InChI is InChI=1S/C22H30F3N3O2/c1-26-7-4-17(14-26)27-8-2-15(3-9-27)22(29)28-10-5-18(6-11-28)30-21-19(24)12-16(23)13-20(21)25/h12-13,15,17-18H,2-11,14H2,1H3. The monoisotopic (exact) mass is 425 g/mol. The Morgan fingerprint density at radius 3 is 2.13 bits per heavy atom. The number of ether oxygens (including phenoxy) is 1. The van der Waals surface area contributed by atoms with E-state index >= 15 is 0 Å². The highest BCUT2D eigenvalue weighted by Crippen LogP contribution is 2.28. The first-order chi connectivity index (χ1) is 14.4. The zero-order chi connectivity index (χ0) is 21.3. The molecular formula is C22H30F3N3O2. The lowest BCUT2D eigenvalue weighted by Gasteiger charge is -2.39. The molecule has 0 radical (unpaired) electrons. The molecule has 1 amide bonds. The molecule has 3 aliphatic rings. The van der Waals surface area contributed by atoms with E-state index in [1.807, 2.05) is 4.90 Å². The molecule has 166 valence electrons. The van der Waals surface area contributed by atoms with E-state index in [2.05, 4.69) is 16.8 Å². The third-order valence-electron chi connectivity index (χ3n) is 6.76. The van der Waals surface area contributed by atoms with Crippen molar-refractivity contribution in [2.24, 2.45) is 5.92 Å². The van der Waals surface area contributed by atoms with Crippen molar-refractivity contribution < 1.29 is 22.7 Å². The number of benzene rings is 1. The van der Waals surface area contributed by atoms with E-state index < -0.39 is 23.2 Å². The number of hydrogen-bond acceptors (Lipinski definition) is 4. The highest BCUT2D eigenvalue weighted by Gasteiger charge is 2.34. The van der Waals surface area contributed by atoms with Crippen LogP contribution < -0.4 is 4.74 Å². The Bertz CT molecular complexity index is 739. The predicted molar refractivity (Wildman–Crippen MR) is 107 cm³/mol. The van der Waals surface area contributed by atoms with Gasteiger partial charge in [-0.05, 0) is 45.9 Å². The summed E-state index contributed by atoms with van der Waals surface area (Å²) in [4.78, 5) is 19.7. The van der Waals surface area contributed by atoms with Gasteiger partial charge in [0.15, 0.2) is 17.4 Å². The van der Waals surface area contributed by atoms with E-state index in [1.165, 1.54) is 6.42 Å². The maximum Gasteiger partial charge on any atom is 0.225 e. The average Bonchev–Trinajstić information content (AvgIpc) is 3.17. The molecule has 0 aliphatic carbocycles. The molecule has 3 saturated heterocycles. The Balaban J connectivity index is 1.24. The number of carbonyl (C=O) groups excluding carboxylic acids is 1. The van der Waals surface area contributed by atoms with Crippen LogP contribution in [-0.4, -0.2) is 79.1 Å². The molecule has 8 heteroatoms. The summed E-state index contributed by atoms with van der Waals surface area (Å²) in [6.07, 6.45) is 3.62. The molecule has 3 heterocycles. The Morgan fingerprint density at radius 1 is 0.933 bits per heavy atom. The van der Waals surface area contributed by atoms with Gasteiger partial charge in [-0.25, -0.2) is 13.2 Å². The van der Waals surface area contributed by atoms with Crippen molar-refractivity contribution in [3.8, 4) is 5.75 Å². The van der Waals surface area contributed by atoms with Crippen molar-refractivity contribution in [3.63, 3.8) is 0 Å².